The fraction of sp³-hybridized carbons (Fsp3) is 1.00. The molecule has 1 radical (unpaired) electrons. The second-order valence-electron chi connectivity index (χ2n) is 2.36. The van der Waals surface area contributed by atoms with Gasteiger partial charge >= 0.3 is 24.2 Å². The van der Waals surface area contributed by atoms with E-state index in [0.29, 0.717) is 0 Å². The van der Waals surface area contributed by atoms with Crippen LogP contribution in [0.3, 0.4) is 0 Å². The van der Waals surface area contributed by atoms with Crippen molar-refractivity contribution in [3.05, 3.63) is 0 Å². The van der Waals surface area contributed by atoms with Crippen molar-refractivity contribution in [2.75, 3.05) is 6.61 Å². The fourth-order valence-electron chi connectivity index (χ4n) is 0.480. The molecule has 0 saturated heterocycles. The van der Waals surface area contributed by atoms with E-state index in [0.717, 1.165) is 0 Å². The van der Waals surface area contributed by atoms with Gasteiger partial charge in [-0.3, -0.25) is 0 Å². The minimum Gasteiger partial charge on any atom is -0.390 e. The Bertz CT molecular complexity index is 205. The summed E-state index contributed by atoms with van der Waals surface area (Å²) in [6.07, 6.45) is -4.95. The molecule has 0 amide bonds. The zero-order chi connectivity index (χ0) is 11.8. The smallest absolute Gasteiger partial charge is 0.380 e. The van der Waals surface area contributed by atoms with E-state index in [-0.39, 0.29) is 17.1 Å². The zero-order valence-corrected chi connectivity index (χ0v) is 7.50. The average Bonchev–Trinajstić information content (AvgIpc) is 2.03. The van der Waals surface area contributed by atoms with Crippen molar-refractivity contribution in [1.29, 1.82) is 0 Å². The maximum absolute atomic E-state index is 12.1. The summed E-state index contributed by atoms with van der Waals surface area (Å²) >= 11 is 0. The number of hydrogen-bond acceptors (Lipinski definition) is 1. The summed E-state index contributed by atoms with van der Waals surface area (Å²) in [5, 5.41) is 7.67. The standard InChI is InChI=1S/C5H4F8O.Cu/c6-2(7)4(10,11)5(12,13)3(8,9)1-14;/h2,14H,1H2;. The van der Waals surface area contributed by atoms with Crippen LogP contribution in [0, 0.1) is 0 Å². The third-order valence-corrected chi connectivity index (χ3v) is 1.35. The first-order chi connectivity index (χ1) is 6.00. The van der Waals surface area contributed by atoms with Crippen LogP contribution >= 0.6 is 0 Å². The molecule has 0 bridgehead atoms. The molecule has 0 heterocycles. The number of alkyl halides is 8. The molecule has 0 fully saturated rings. The van der Waals surface area contributed by atoms with Gasteiger partial charge in [-0.05, 0) is 0 Å². The summed E-state index contributed by atoms with van der Waals surface area (Å²) < 4.78 is 94.6. The van der Waals surface area contributed by atoms with Gasteiger partial charge in [-0.2, -0.15) is 26.3 Å². The van der Waals surface area contributed by atoms with Crippen LogP contribution in [-0.4, -0.2) is 35.9 Å². The number of rotatable bonds is 4. The van der Waals surface area contributed by atoms with E-state index < -0.39 is 30.8 Å². The van der Waals surface area contributed by atoms with Gasteiger partial charge in [-0.15, -0.1) is 0 Å². The van der Waals surface area contributed by atoms with E-state index >= 15 is 0 Å². The molecule has 0 aromatic heterocycles. The Labute approximate surface area is 88.9 Å². The molecule has 0 unspecified atom stereocenters. The Morgan fingerprint density at radius 3 is 1.47 bits per heavy atom. The van der Waals surface area contributed by atoms with E-state index in [9.17, 15) is 35.1 Å². The van der Waals surface area contributed by atoms with E-state index in [1.54, 1.807) is 0 Å². The van der Waals surface area contributed by atoms with Crippen molar-refractivity contribution in [3.8, 4) is 0 Å². The Kier molecular flexibility index (Phi) is 5.58. The first-order valence-corrected chi connectivity index (χ1v) is 3.03. The van der Waals surface area contributed by atoms with Crippen molar-refractivity contribution < 1.29 is 57.3 Å². The van der Waals surface area contributed by atoms with Gasteiger partial charge in [0.1, 0.15) is 6.61 Å². The molecular formula is C5H4CuF8O. The number of halogens is 8. The van der Waals surface area contributed by atoms with Crippen LogP contribution in [0.15, 0.2) is 0 Å². The molecule has 0 aliphatic heterocycles. The molecular weight excluding hydrogens is 292 g/mol. The third kappa shape index (κ3) is 2.73. The van der Waals surface area contributed by atoms with Crippen molar-refractivity contribution >= 4 is 0 Å². The molecule has 97 valence electrons. The molecule has 0 aromatic rings. The van der Waals surface area contributed by atoms with Gasteiger partial charge in [-0.25, -0.2) is 8.78 Å². The maximum Gasteiger partial charge on any atom is 0.380 e. The zero-order valence-electron chi connectivity index (χ0n) is 6.56. The van der Waals surface area contributed by atoms with Gasteiger partial charge in [0.15, 0.2) is 0 Å². The molecule has 15 heavy (non-hydrogen) atoms. The molecule has 0 aliphatic rings. The van der Waals surface area contributed by atoms with Gasteiger partial charge < -0.3 is 5.11 Å². The van der Waals surface area contributed by atoms with E-state index in [2.05, 4.69) is 0 Å². The van der Waals surface area contributed by atoms with Crippen molar-refractivity contribution in [1.82, 2.24) is 0 Å². The molecule has 0 aliphatic carbocycles. The molecule has 0 atom stereocenters. The Morgan fingerprint density at radius 2 is 1.27 bits per heavy atom. The molecule has 0 rings (SSSR count). The SMILES string of the molecule is OCC(F)(F)C(F)(F)C(F)(F)C(F)F.[Cu]. The summed E-state index contributed by atoms with van der Waals surface area (Å²) in [4.78, 5) is 0. The maximum atomic E-state index is 12.1. The average molecular weight is 296 g/mol. The molecule has 0 aromatic carbocycles. The van der Waals surface area contributed by atoms with Crippen LogP contribution in [0.4, 0.5) is 35.1 Å². The second-order valence-corrected chi connectivity index (χ2v) is 2.36. The monoisotopic (exact) mass is 295 g/mol. The van der Waals surface area contributed by atoms with E-state index in [1.165, 1.54) is 0 Å². The predicted molar refractivity (Wildman–Crippen MR) is 27.9 cm³/mol. The van der Waals surface area contributed by atoms with Crippen LogP contribution < -0.4 is 0 Å². The second kappa shape index (κ2) is 4.84. The molecule has 10 heteroatoms. The van der Waals surface area contributed by atoms with Crippen molar-refractivity contribution in [3.63, 3.8) is 0 Å². The summed E-state index contributed by atoms with van der Waals surface area (Å²) in [5.74, 6) is -18.1. The first-order valence-electron chi connectivity index (χ1n) is 3.03. The van der Waals surface area contributed by atoms with Crippen LogP contribution in [0.2, 0.25) is 0 Å². The van der Waals surface area contributed by atoms with Crippen LogP contribution in [0.1, 0.15) is 0 Å². The minimum absolute atomic E-state index is 0. The molecule has 1 N–H and O–H groups in total. The molecule has 1 nitrogen and oxygen atoms in total. The van der Waals surface area contributed by atoms with Gasteiger partial charge in [0.2, 0.25) is 0 Å². The fourth-order valence-corrected chi connectivity index (χ4v) is 0.480. The number of aliphatic hydroxyl groups excluding tert-OH is 1. The van der Waals surface area contributed by atoms with Crippen LogP contribution in [0.5, 0.6) is 0 Å². The summed E-state index contributed by atoms with van der Waals surface area (Å²) in [6, 6.07) is 0. The number of aliphatic hydroxyl groups is 1. The van der Waals surface area contributed by atoms with Crippen molar-refractivity contribution in [2.45, 2.75) is 24.2 Å². The summed E-state index contributed by atoms with van der Waals surface area (Å²) in [6.45, 7) is -2.65. The largest absolute Gasteiger partial charge is 0.390 e. The topological polar surface area (TPSA) is 20.2 Å². The Balaban J connectivity index is 0. The van der Waals surface area contributed by atoms with Gasteiger partial charge in [0.05, 0.1) is 0 Å². The van der Waals surface area contributed by atoms with Gasteiger partial charge in [-0.1, -0.05) is 0 Å². The third-order valence-electron chi connectivity index (χ3n) is 1.35. The van der Waals surface area contributed by atoms with Crippen LogP contribution in [-0.2, 0) is 17.1 Å². The first kappa shape index (κ1) is 17.3. The Morgan fingerprint density at radius 1 is 0.933 bits per heavy atom. The summed E-state index contributed by atoms with van der Waals surface area (Å²) in [7, 11) is 0. The summed E-state index contributed by atoms with van der Waals surface area (Å²) in [5.41, 5.74) is 0. The quantitative estimate of drug-likeness (QED) is 0.622. The minimum atomic E-state index is -6.30. The number of hydrogen-bond donors (Lipinski definition) is 1. The Hall–Kier alpha value is -0.0805. The van der Waals surface area contributed by atoms with Crippen molar-refractivity contribution in [2.24, 2.45) is 0 Å². The normalized spacial score (nSPS) is 14.0. The molecule has 0 saturated carbocycles. The van der Waals surface area contributed by atoms with E-state index in [4.69, 9.17) is 5.11 Å². The van der Waals surface area contributed by atoms with Gasteiger partial charge in [0, 0.05) is 17.1 Å². The van der Waals surface area contributed by atoms with E-state index in [1.807, 2.05) is 0 Å². The molecule has 0 spiro atoms. The predicted octanol–water partition coefficient (Wildman–Crippen LogP) is 2.15. The van der Waals surface area contributed by atoms with Gasteiger partial charge in [0.25, 0.3) is 0 Å². The van der Waals surface area contributed by atoms with Crippen LogP contribution in [0.25, 0.3) is 0 Å².